The lowest BCUT2D eigenvalue weighted by molar-refractivity contribution is 0.0981. The van der Waals surface area contributed by atoms with Gasteiger partial charge in [-0.1, -0.05) is 0 Å². The van der Waals surface area contributed by atoms with E-state index < -0.39 is 0 Å². The number of rotatable bonds is 8. The third-order valence-corrected chi connectivity index (χ3v) is 11.9. The number of carbonyl (C=O) groups is 8. The molecule has 0 aromatic carbocycles. The lowest BCUT2D eigenvalue weighted by Crippen LogP contribution is -2.02. The number of Topliss-reactive ketones (excluding diaryl/α,β-unsaturated/α-hetero) is 8. The maximum Gasteiger partial charge on any atom is 0.161 e. The molecule has 52 heavy (non-hydrogen) atoms. The van der Waals surface area contributed by atoms with E-state index in [-0.39, 0.29) is 46.3 Å². The van der Waals surface area contributed by atoms with Gasteiger partial charge in [-0.2, -0.15) is 0 Å². The average Bonchev–Trinajstić information content (AvgIpc) is 3.67. The molecule has 0 aliphatic carbocycles. The first-order valence-corrected chi connectivity index (χ1v) is 19.5. The van der Waals surface area contributed by atoms with Gasteiger partial charge in [-0.3, -0.25) is 38.4 Å². The summed E-state index contributed by atoms with van der Waals surface area (Å²) < 4.78 is 0. The fourth-order valence-electron chi connectivity index (χ4n) is 6.13. The third kappa shape index (κ3) is 11.1. The van der Waals surface area contributed by atoms with Crippen LogP contribution >= 0.6 is 45.3 Å². The van der Waals surface area contributed by atoms with E-state index in [1.54, 1.807) is 0 Å². The van der Waals surface area contributed by atoms with Gasteiger partial charge < -0.3 is 0 Å². The van der Waals surface area contributed by atoms with E-state index in [1.165, 1.54) is 101 Å². The smallest absolute Gasteiger partial charge is 0.161 e. The molecule has 0 spiro atoms. The van der Waals surface area contributed by atoms with Crippen molar-refractivity contribution in [3.8, 4) is 0 Å². The minimum atomic E-state index is -0.0212. The van der Waals surface area contributed by atoms with E-state index in [0.717, 1.165) is 39.0 Å². The molecule has 280 valence electrons. The largest absolute Gasteiger partial charge is 0.294 e. The van der Waals surface area contributed by atoms with Crippen LogP contribution in [0.3, 0.4) is 0 Å². The van der Waals surface area contributed by atoms with Crippen molar-refractivity contribution in [2.75, 3.05) is 0 Å². The first-order valence-electron chi connectivity index (χ1n) is 16.3. The van der Waals surface area contributed by atoms with Crippen LogP contribution in [0.2, 0.25) is 0 Å². The van der Waals surface area contributed by atoms with E-state index in [2.05, 4.69) is 0 Å². The first-order chi connectivity index (χ1) is 23.8. The Kier molecular flexibility index (Phi) is 17.1. The molecule has 0 bridgehead atoms. The summed E-state index contributed by atoms with van der Waals surface area (Å²) in [5, 5.41) is 0. The van der Waals surface area contributed by atoms with Crippen LogP contribution in [0.1, 0.15) is 177 Å². The maximum atomic E-state index is 11.3. The Morgan fingerprint density at radius 1 is 0.231 bits per heavy atom. The second-order valence-electron chi connectivity index (χ2n) is 12.3. The molecule has 4 rings (SSSR count). The van der Waals surface area contributed by atoms with Gasteiger partial charge >= 0.3 is 0 Å². The van der Waals surface area contributed by atoms with Crippen molar-refractivity contribution in [1.29, 1.82) is 0 Å². The number of ketones is 8. The first kappa shape index (κ1) is 46.2. The van der Waals surface area contributed by atoms with Crippen LogP contribution in [0.25, 0.3) is 0 Å². The Hall–Kier alpha value is -3.84. The molecule has 0 aliphatic rings. The minimum Gasteiger partial charge on any atom is -0.294 e. The molecule has 0 fully saturated rings. The van der Waals surface area contributed by atoms with Crippen LogP contribution in [0.5, 0.6) is 0 Å². The zero-order valence-corrected chi connectivity index (χ0v) is 36.2. The predicted molar refractivity (Wildman–Crippen MR) is 215 cm³/mol. The van der Waals surface area contributed by atoms with Crippen LogP contribution in [0.4, 0.5) is 0 Å². The second kappa shape index (κ2) is 19.3. The summed E-state index contributed by atoms with van der Waals surface area (Å²) in [6, 6.07) is 0. The van der Waals surface area contributed by atoms with Crippen LogP contribution in [0, 0.1) is 55.4 Å². The zero-order valence-electron chi connectivity index (χ0n) is 32.9. The molecule has 0 saturated carbocycles. The van der Waals surface area contributed by atoms with Gasteiger partial charge in [0.15, 0.2) is 46.3 Å². The summed E-state index contributed by atoms with van der Waals surface area (Å²) in [6.45, 7) is 27.0. The number of aryl methyl sites for hydroxylation is 8. The van der Waals surface area contributed by atoms with Crippen LogP contribution in [-0.4, -0.2) is 46.3 Å². The van der Waals surface area contributed by atoms with Gasteiger partial charge in [0.25, 0.3) is 0 Å². The summed E-state index contributed by atoms with van der Waals surface area (Å²) in [5.74, 6) is -0.170. The SMILES string of the molecule is CC(=O)c1c(C)sc(C)c1C(C)=O.CC(=O)c1c(C)sc(C)c1C(C)=O.CC(=O)c1c(C)sc(C)c1C(C)=O.CC(=O)c1c(C)sc(C)c1C(C)=O. The van der Waals surface area contributed by atoms with E-state index in [9.17, 15) is 38.4 Å². The average molecular weight is 785 g/mol. The van der Waals surface area contributed by atoms with Gasteiger partial charge in [0.1, 0.15) is 0 Å². The quantitative estimate of drug-likeness (QED) is 0.161. The molecular weight excluding hydrogens is 737 g/mol. The molecule has 0 saturated heterocycles. The molecule has 8 nitrogen and oxygen atoms in total. The lowest BCUT2D eigenvalue weighted by atomic mass is 10.0. The summed E-state index contributed by atoms with van der Waals surface area (Å²) in [5.41, 5.74) is 4.85. The highest BCUT2D eigenvalue weighted by atomic mass is 32.1. The van der Waals surface area contributed by atoms with E-state index in [0.29, 0.717) is 44.5 Å². The fourth-order valence-corrected chi connectivity index (χ4v) is 10.7. The Morgan fingerprint density at radius 2 is 0.308 bits per heavy atom. The summed E-state index contributed by atoms with van der Waals surface area (Å²) in [7, 11) is 0. The molecular formula is C40H48O8S4. The fraction of sp³-hybridized carbons (Fsp3) is 0.400. The van der Waals surface area contributed by atoms with Gasteiger partial charge in [-0.05, 0) is 111 Å². The molecule has 12 heteroatoms. The van der Waals surface area contributed by atoms with E-state index >= 15 is 0 Å². The molecule has 4 aromatic rings. The van der Waals surface area contributed by atoms with Crippen LogP contribution < -0.4 is 0 Å². The van der Waals surface area contributed by atoms with Crippen molar-refractivity contribution < 1.29 is 38.4 Å². The monoisotopic (exact) mass is 784 g/mol. The maximum absolute atomic E-state index is 11.3. The standard InChI is InChI=1S/4C10H12O2S/c4*1-5(11)9-7(3)13-8(4)10(9)6(2)12/h4*1-4H3. The van der Waals surface area contributed by atoms with Crippen LogP contribution in [0.15, 0.2) is 0 Å². The molecule has 0 atom stereocenters. The number of hydrogen-bond donors (Lipinski definition) is 0. The Morgan fingerprint density at radius 3 is 0.365 bits per heavy atom. The minimum absolute atomic E-state index is 0.0212. The highest BCUT2D eigenvalue weighted by Gasteiger charge is 2.22. The Bertz CT molecular complexity index is 1660. The summed E-state index contributed by atoms with van der Waals surface area (Å²) in [4.78, 5) is 97.6. The van der Waals surface area contributed by atoms with Gasteiger partial charge in [-0.25, -0.2) is 0 Å². The van der Waals surface area contributed by atoms with Crippen molar-refractivity contribution in [3.05, 3.63) is 83.5 Å². The third-order valence-electron chi connectivity index (χ3n) is 7.86. The Labute approximate surface area is 322 Å². The van der Waals surface area contributed by atoms with Crippen LogP contribution in [-0.2, 0) is 0 Å². The molecule has 0 N–H and O–H groups in total. The van der Waals surface area contributed by atoms with Gasteiger partial charge in [0.2, 0.25) is 0 Å². The van der Waals surface area contributed by atoms with Gasteiger partial charge in [0.05, 0.1) is 0 Å². The van der Waals surface area contributed by atoms with Gasteiger partial charge in [-0.15, -0.1) is 45.3 Å². The summed E-state index contributed by atoms with van der Waals surface area (Å²) in [6.07, 6.45) is 0. The molecule has 4 aromatic heterocycles. The summed E-state index contributed by atoms with van der Waals surface area (Å²) >= 11 is 6.04. The van der Waals surface area contributed by atoms with Crippen molar-refractivity contribution in [3.63, 3.8) is 0 Å². The molecule has 4 heterocycles. The Balaban J connectivity index is 0.000000347. The molecule has 0 unspecified atom stereocenters. The number of thiophene rings is 4. The number of carbonyl (C=O) groups excluding carboxylic acids is 8. The zero-order chi connectivity index (χ0) is 40.7. The van der Waals surface area contributed by atoms with E-state index in [4.69, 9.17) is 0 Å². The highest BCUT2D eigenvalue weighted by Crippen LogP contribution is 2.30. The lowest BCUT2D eigenvalue weighted by Gasteiger charge is -1.97. The topological polar surface area (TPSA) is 137 Å². The van der Waals surface area contributed by atoms with Crippen molar-refractivity contribution in [2.45, 2.75) is 111 Å². The number of hydrogen-bond acceptors (Lipinski definition) is 12. The normalized spacial score (nSPS) is 10.2. The second-order valence-corrected chi connectivity index (χ2v) is 18.0. The molecule has 0 radical (unpaired) electrons. The molecule has 0 amide bonds. The van der Waals surface area contributed by atoms with Crippen molar-refractivity contribution in [2.24, 2.45) is 0 Å². The van der Waals surface area contributed by atoms with Crippen molar-refractivity contribution in [1.82, 2.24) is 0 Å². The predicted octanol–water partition coefficient (Wildman–Crippen LogP) is 11.1. The van der Waals surface area contributed by atoms with Crippen molar-refractivity contribution >= 4 is 91.6 Å². The van der Waals surface area contributed by atoms with Gasteiger partial charge in [0, 0.05) is 83.5 Å². The molecule has 0 aliphatic heterocycles. The van der Waals surface area contributed by atoms with E-state index in [1.807, 2.05) is 55.4 Å². The highest BCUT2D eigenvalue weighted by molar-refractivity contribution is 7.13.